The third-order valence-electron chi connectivity index (χ3n) is 3.92. The molecule has 4 N–H and O–H groups in total. The van der Waals surface area contributed by atoms with E-state index in [4.69, 9.17) is 11.5 Å². The van der Waals surface area contributed by atoms with Gasteiger partial charge in [-0.2, -0.15) is 0 Å². The Hall–Kier alpha value is -1.78. The summed E-state index contributed by atoms with van der Waals surface area (Å²) in [7, 11) is 0. The highest BCUT2D eigenvalue weighted by molar-refractivity contribution is 5.24. The zero-order valence-electron chi connectivity index (χ0n) is 12.8. The van der Waals surface area contributed by atoms with E-state index in [1.165, 1.54) is 11.1 Å². The van der Waals surface area contributed by atoms with Crippen LogP contribution in [-0.4, -0.2) is 22.1 Å². The van der Waals surface area contributed by atoms with Gasteiger partial charge in [-0.1, -0.05) is 12.1 Å². The smallest absolute Gasteiger partial charge is 0.0451 e. The predicted octanol–water partition coefficient (Wildman–Crippen LogP) is 1.92. The molecule has 0 atom stereocenters. The third kappa shape index (κ3) is 4.09. The second kappa shape index (κ2) is 6.78. The Labute approximate surface area is 126 Å². The molecule has 0 aromatic carbocycles. The van der Waals surface area contributed by atoms with Crippen LogP contribution in [0.1, 0.15) is 28.9 Å². The number of rotatable bonds is 6. The van der Waals surface area contributed by atoms with Gasteiger partial charge in [0.1, 0.15) is 0 Å². The van der Waals surface area contributed by atoms with Gasteiger partial charge < -0.3 is 11.5 Å². The van der Waals surface area contributed by atoms with E-state index in [0.717, 1.165) is 17.8 Å². The fraction of sp³-hybridized carbons (Fsp3) is 0.412. The summed E-state index contributed by atoms with van der Waals surface area (Å²) in [6, 6.07) is 8.03. The van der Waals surface area contributed by atoms with Gasteiger partial charge in [-0.15, -0.1) is 0 Å². The fourth-order valence-electron chi connectivity index (χ4n) is 2.60. The largest absolute Gasteiger partial charge is 0.330 e. The zero-order chi connectivity index (χ0) is 15.3. The summed E-state index contributed by atoms with van der Waals surface area (Å²) in [6.07, 6.45) is 5.81. The molecule has 2 aromatic rings. The van der Waals surface area contributed by atoms with Gasteiger partial charge in [0.25, 0.3) is 0 Å². The Morgan fingerprint density at radius 3 is 1.81 bits per heavy atom. The van der Waals surface area contributed by atoms with Crippen molar-refractivity contribution in [1.29, 1.82) is 0 Å². The summed E-state index contributed by atoms with van der Waals surface area (Å²) >= 11 is 0. The topological polar surface area (TPSA) is 77.8 Å². The Kier molecular flexibility index (Phi) is 5.04. The summed E-state index contributed by atoms with van der Waals surface area (Å²) in [4.78, 5) is 8.94. The lowest BCUT2D eigenvalue weighted by Gasteiger charge is -2.29. The molecule has 0 aliphatic heterocycles. The van der Waals surface area contributed by atoms with Crippen LogP contribution in [0.25, 0.3) is 0 Å². The molecular formula is C17H24N4. The number of aromatic nitrogens is 2. The molecule has 2 heterocycles. The second-order valence-corrected chi connectivity index (χ2v) is 5.79. The lowest BCUT2D eigenvalue weighted by atomic mass is 9.84. The van der Waals surface area contributed by atoms with Crippen LogP contribution in [0.15, 0.2) is 36.7 Å². The lowest BCUT2D eigenvalue weighted by Crippen LogP contribution is -2.46. The van der Waals surface area contributed by atoms with Gasteiger partial charge >= 0.3 is 0 Å². The van der Waals surface area contributed by atoms with Crippen LogP contribution < -0.4 is 11.5 Å². The Morgan fingerprint density at radius 2 is 1.43 bits per heavy atom. The van der Waals surface area contributed by atoms with Gasteiger partial charge in [-0.05, 0) is 50.1 Å². The molecule has 0 saturated carbocycles. The molecule has 4 heteroatoms. The number of hydrogen-bond donors (Lipinski definition) is 2. The minimum absolute atomic E-state index is 0.410. The van der Waals surface area contributed by atoms with Crippen LogP contribution >= 0.6 is 0 Å². The molecule has 0 fully saturated rings. The first kappa shape index (κ1) is 15.6. The van der Waals surface area contributed by atoms with Crippen LogP contribution in [0, 0.1) is 13.8 Å². The average molecular weight is 284 g/mol. The van der Waals surface area contributed by atoms with Gasteiger partial charge in [-0.3, -0.25) is 9.97 Å². The maximum Gasteiger partial charge on any atom is 0.0451 e. The number of hydrogen-bond acceptors (Lipinski definition) is 4. The van der Waals surface area contributed by atoms with Crippen molar-refractivity contribution in [2.24, 2.45) is 11.5 Å². The van der Waals surface area contributed by atoms with Crippen LogP contribution in [0.4, 0.5) is 0 Å². The standard InChI is InChI=1S/C17H24N4/c1-13-5-3-9-20-15(13)11-17(19,7-8-18)12-16-14(2)6-4-10-21-16/h3-6,9-10H,7-8,11-12,18-19H2,1-2H3. The van der Waals surface area contributed by atoms with Crippen molar-refractivity contribution in [1.82, 2.24) is 9.97 Å². The van der Waals surface area contributed by atoms with Crippen LogP contribution in [0.2, 0.25) is 0 Å². The number of nitrogens with zero attached hydrogens (tertiary/aromatic N) is 2. The van der Waals surface area contributed by atoms with E-state index >= 15 is 0 Å². The number of pyridine rings is 2. The molecule has 0 unspecified atom stereocenters. The molecule has 0 bridgehead atoms. The third-order valence-corrected chi connectivity index (χ3v) is 3.92. The van der Waals surface area contributed by atoms with Crippen molar-refractivity contribution in [3.8, 4) is 0 Å². The van der Waals surface area contributed by atoms with Crippen molar-refractivity contribution in [3.05, 3.63) is 59.2 Å². The summed E-state index contributed by atoms with van der Waals surface area (Å²) in [6.45, 7) is 4.70. The highest BCUT2D eigenvalue weighted by Crippen LogP contribution is 2.21. The Bertz CT molecular complexity index is 547. The van der Waals surface area contributed by atoms with Crippen molar-refractivity contribution in [3.63, 3.8) is 0 Å². The quantitative estimate of drug-likeness (QED) is 0.849. The maximum atomic E-state index is 6.65. The minimum Gasteiger partial charge on any atom is -0.330 e. The van der Waals surface area contributed by atoms with Crippen LogP contribution in [0.5, 0.6) is 0 Å². The van der Waals surface area contributed by atoms with E-state index in [1.54, 1.807) is 0 Å². The maximum absolute atomic E-state index is 6.65. The first-order valence-corrected chi connectivity index (χ1v) is 7.34. The molecule has 0 aliphatic carbocycles. The molecule has 0 amide bonds. The van der Waals surface area contributed by atoms with Crippen molar-refractivity contribution in [2.75, 3.05) is 6.54 Å². The highest BCUT2D eigenvalue weighted by Gasteiger charge is 2.27. The summed E-state index contributed by atoms with van der Waals surface area (Å²) in [5.41, 5.74) is 16.4. The Morgan fingerprint density at radius 1 is 0.952 bits per heavy atom. The lowest BCUT2D eigenvalue weighted by molar-refractivity contribution is 0.384. The van der Waals surface area contributed by atoms with Crippen molar-refractivity contribution >= 4 is 0 Å². The highest BCUT2D eigenvalue weighted by atomic mass is 14.8. The molecule has 2 rings (SSSR count). The summed E-state index contributed by atoms with van der Waals surface area (Å²) in [5.74, 6) is 0. The second-order valence-electron chi connectivity index (χ2n) is 5.79. The molecule has 0 spiro atoms. The fourth-order valence-corrected chi connectivity index (χ4v) is 2.60. The molecule has 4 nitrogen and oxygen atoms in total. The molecule has 21 heavy (non-hydrogen) atoms. The summed E-state index contributed by atoms with van der Waals surface area (Å²) in [5, 5.41) is 0. The predicted molar refractivity (Wildman–Crippen MR) is 85.9 cm³/mol. The van der Waals surface area contributed by atoms with Crippen molar-refractivity contribution < 1.29 is 0 Å². The minimum atomic E-state index is -0.410. The molecular weight excluding hydrogens is 260 g/mol. The van der Waals surface area contributed by atoms with E-state index < -0.39 is 5.54 Å². The first-order valence-electron chi connectivity index (χ1n) is 7.34. The molecule has 0 saturated heterocycles. The van der Waals surface area contributed by atoms with Gasteiger partial charge in [0.05, 0.1) is 0 Å². The van der Waals surface area contributed by atoms with E-state index in [0.29, 0.717) is 19.4 Å². The molecule has 112 valence electrons. The number of nitrogens with two attached hydrogens (primary N) is 2. The van der Waals surface area contributed by atoms with Crippen LogP contribution in [0.3, 0.4) is 0 Å². The molecule has 0 radical (unpaired) electrons. The normalized spacial score (nSPS) is 11.6. The van der Waals surface area contributed by atoms with Gasteiger partial charge in [0, 0.05) is 42.2 Å². The monoisotopic (exact) mass is 284 g/mol. The van der Waals surface area contributed by atoms with E-state index in [9.17, 15) is 0 Å². The van der Waals surface area contributed by atoms with E-state index in [1.807, 2.05) is 24.5 Å². The Balaban J connectivity index is 2.24. The van der Waals surface area contributed by atoms with Gasteiger partial charge in [0.2, 0.25) is 0 Å². The first-order chi connectivity index (χ1) is 10.0. The summed E-state index contributed by atoms with van der Waals surface area (Å²) < 4.78 is 0. The van der Waals surface area contributed by atoms with E-state index in [2.05, 4.69) is 35.9 Å². The number of aryl methyl sites for hydroxylation is 2. The molecule has 2 aromatic heterocycles. The van der Waals surface area contributed by atoms with E-state index in [-0.39, 0.29) is 0 Å². The zero-order valence-corrected chi connectivity index (χ0v) is 12.8. The van der Waals surface area contributed by atoms with Gasteiger partial charge in [0.15, 0.2) is 0 Å². The molecule has 0 aliphatic rings. The SMILES string of the molecule is Cc1cccnc1CC(N)(CCN)Cc1ncccc1C. The average Bonchev–Trinajstić information content (AvgIpc) is 2.44. The van der Waals surface area contributed by atoms with Crippen molar-refractivity contribution in [2.45, 2.75) is 38.6 Å². The van der Waals surface area contributed by atoms with Gasteiger partial charge in [-0.25, -0.2) is 0 Å². The van der Waals surface area contributed by atoms with Crippen LogP contribution in [-0.2, 0) is 12.8 Å².